The van der Waals surface area contributed by atoms with E-state index in [0.29, 0.717) is 11.0 Å². The molecule has 0 bridgehead atoms. The third-order valence-corrected chi connectivity index (χ3v) is 1.30. The van der Waals surface area contributed by atoms with E-state index in [9.17, 15) is 0 Å². The molecule has 2 aromatic rings. The zero-order valence-electron chi connectivity index (χ0n) is 5.03. The molecule has 0 aliphatic heterocycles. The first kappa shape index (κ1) is 5.29. The van der Waals surface area contributed by atoms with Crippen LogP contribution < -0.4 is 0 Å². The topological polar surface area (TPSA) is 46.3 Å². The summed E-state index contributed by atoms with van der Waals surface area (Å²) < 4.78 is 4.73. The van der Waals surface area contributed by atoms with Crippen molar-refractivity contribution in [2.75, 3.05) is 0 Å². The van der Waals surface area contributed by atoms with Gasteiger partial charge in [-0.3, -0.25) is 0 Å². The summed E-state index contributed by atoms with van der Waals surface area (Å²) in [6.45, 7) is 0. The number of hydrogen-bond acceptors (Lipinski definition) is 3. The molecular weight excluding hydrogens is 130 g/mol. The molecule has 49 valence electrons. The largest absolute Gasteiger partial charge is 0.491 e. The molecule has 1 aromatic heterocycles. The van der Waals surface area contributed by atoms with Crippen LogP contribution >= 0.6 is 0 Å². The lowest BCUT2D eigenvalue weighted by Gasteiger charge is -1.80. The molecule has 0 saturated carbocycles. The first-order chi connectivity index (χ1) is 4.88. The summed E-state index contributed by atoms with van der Waals surface area (Å²) in [6.07, 6.45) is 0. The van der Waals surface area contributed by atoms with E-state index < -0.39 is 0 Å². The number of rotatable bonds is 0. The lowest BCUT2D eigenvalue weighted by Crippen LogP contribution is -1.61. The molecule has 0 amide bonds. The monoisotopic (exact) mass is 134 g/mol. The van der Waals surface area contributed by atoms with Gasteiger partial charge in [0.15, 0.2) is 5.58 Å². The predicted octanol–water partition coefficient (Wildman–Crippen LogP) is 1.33. The highest BCUT2D eigenvalue weighted by Crippen LogP contribution is 2.21. The molecule has 1 heterocycles. The summed E-state index contributed by atoms with van der Waals surface area (Å²) in [6, 6.07) is 7.83. The Bertz CT molecular complexity index is 353. The van der Waals surface area contributed by atoms with Crippen LogP contribution in [0.3, 0.4) is 0 Å². The Labute approximate surface area is 56.9 Å². The lowest BCUT2D eigenvalue weighted by molar-refractivity contribution is 0.376. The van der Waals surface area contributed by atoms with Gasteiger partial charge in [0.25, 0.3) is 5.88 Å². The number of aromatic hydroxyl groups is 1. The summed E-state index contributed by atoms with van der Waals surface area (Å²) in [5, 5.41) is 12.9. The molecular formula is C7H4NO2. The van der Waals surface area contributed by atoms with Crippen molar-refractivity contribution in [3.05, 3.63) is 24.3 Å². The second kappa shape index (κ2) is 1.73. The molecule has 0 fully saturated rings. The minimum Gasteiger partial charge on any atom is -0.491 e. The normalized spacial score (nSPS) is 10.4. The second-order valence-electron chi connectivity index (χ2n) is 1.93. The smallest absolute Gasteiger partial charge is 0.259 e. The molecule has 3 nitrogen and oxygen atoms in total. The van der Waals surface area contributed by atoms with Gasteiger partial charge in [-0.15, -0.1) is 0 Å². The highest BCUT2D eigenvalue weighted by Gasteiger charge is 2.02. The predicted molar refractivity (Wildman–Crippen MR) is 34.5 cm³/mol. The van der Waals surface area contributed by atoms with Crippen LogP contribution in [0.5, 0.6) is 5.88 Å². The number of nitrogens with zero attached hydrogens (tertiary/aromatic N) is 1. The van der Waals surface area contributed by atoms with Gasteiger partial charge in [0, 0.05) is 0 Å². The summed E-state index contributed by atoms with van der Waals surface area (Å²) in [5.74, 6) is -0.0770. The van der Waals surface area contributed by atoms with Crippen LogP contribution in [-0.2, 0) is 0 Å². The van der Waals surface area contributed by atoms with Crippen molar-refractivity contribution in [1.82, 2.24) is 5.16 Å². The van der Waals surface area contributed by atoms with Crippen molar-refractivity contribution >= 4 is 11.0 Å². The van der Waals surface area contributed by atoms with Crippen LogP contribution in [0.15, 0.2) is 22.7 Å². The van der Waals surface area contributed by atoms with Gasteiger partial charge < -0.3 is 9.63 Å². The molecule has 0 aliphatic rings. The Morgan fingerprint density at radius 2 is 2.50 bits per heavy atom. The van der Waals surface area contributed by atoms with Gasteiger partial charge in [-0.05, 0) is 23.4 Å². The third-order valence-electron chi connectivity index (χ3n) is 1.30. The van der Waals surface area contributed by atoms with Crippen molar-refractivity contribution in [3.8, 4) is 5.88 Å². The molecule has 1 aromatic carbocycles. The fourth-order valence-electron chi connectivity index (χ4n) is 0.812. The Hall–Kier alpha value is -1.51. The average Bonchev–Trinajstić information content (AvgIpc) is 2.34. The molecule has 3 heteroatoms. The van der Waals surface area contributed by atoms with Gasteiger partial charge in [0.05, 0.1) is 5.39 Å². The summed E-state index contributed by atoms with van der Waals surface area (Å²) in [7, 11) is 0. The van der Waals surface area contributed by atoms with Crippen molar-refractivity contribution < 1.29 is 9.63 Å². The number of benzene rings is 1. The zero-order valence-corrected chi connectivity index (χ0v) is 5.03. The Balaban J connectivity index is 2.93. The van der Waals surface area contributed by atoms with E-state index in [1.165, 1.54) is 0 Å². The Morgan fingerprint density at radius 3 is 3.30 bits per heavy atom. The van der Waals surface area contributed by atoms with Crippen molar-refractivity contribution in [2.45, 2.75) is 0 Å². The maximum atomic E-state index is 8.99. The van der Waals surface area contributed by atoms with Gasteiger partial charge in [0.2, 0.25) is 0 Å². The van der Waals surface area contributed by atoms with Gasteiger partial charge in [-0.2, -0.15) is 0 Å². The van der Waals surface area contributed by atoms with E-state index >= 15 is 0 Å². The van der Waals surface area contributed by atoms with Gasteiger partial charge in [-0.1, -0.05) is 6.07 Å². The summed E-state index contributed by atoms with van der Waals surface area (Å²) in [4.78, 5) is 0. The van der Waals surface area contributed by atoms with E-state index in [2.05, 4.69) is 11.2 Å². The van der Waals surface area contributed by atoms with E-state index in [0.717, 1.165) is 0 Å². The van der Waals surface area contributed by atoms with Crippen LogP contribution in [-0.4, -0.2) is 10.3 Å². The fourth-order valence-corrected chi connectivity index (χ4v) is 0.812. The van der Waals surface area contributed by atoms with Crippen molar-refractivity contribution in [1.29, 1.82) is 0 Å². The number of fused-ring (bicyclic) bond motifs is 1. The van der Waals surface area contributed by atoms with Crippen LogP contribution in [0.4, 0.5) is 0 Å². The van der Waals surface area contributed by atoms with Crippen LogP contribution in [0, 0.1) is 6.07 Å². The maximum absolute atomic E-state index is 8.99. The van der Waals surface area contributed by atoms with Crippen molar-refractivity contribution in [3.63, 3.8) is 0 Å². The highest BCUT2D eigenvalue weighted by atomic mass is 16.5. The molecule has 0 spiro atoms. The van der Waals surface area contributed by atoms with Crippen LogP contribution in [0.1, 0.15) is 0 Å². The number of aromatic nitrogens is 1. The fraction of sp³-hybridized carbons (Fsp3) is 0. The second-order valence-corrected chi connectivity index (χ2v) is 1.93. The highest BCUT2D eigenvalue weighted by molar-refractivity contribution is 5.81. The maximum Gasteiger partial charge on any atom is 0.259 e. The minimum atomic E-state index is -0.0770. The molecule has 0 saturated heterocycles. The summed E-state index contributed by atoms with van der Waals surface area (Å²) >= 11 is 0. The van der Waals surface area contributed by atoms with E-state index in [1.54, 1.807) is 18.2 Å². The molecule has 1 radical (unpaired) electrons. The van der Waals surface area contributed by atoms with Gasteiger partial charge in [0.1, 0.15) is 0 Å². The molecule has 10 heavy (non-hydrogen) atoms. The lowest BCUT2D eigenvalue weighted by atomic mass is 10.3. The third kappa shape index (κ3) is 0.572. The minimum absolute atomic E-state index is 0.0770. The first-order valence-electron chi connectivity index (χ1n) is 2.82. The molecule has 0 aliphatic carbocycles. The Kier molecular flexibility index (Phi) is 0.917. The Morgan fingerprint density at radius 1 is 1.60 bits per heavy atom. The standard InChI is InChI=1S/C7H4NO2/c9-7-5-3-1-2-4-6(5)10-8-7/h2-4H,(H,8,9). The van der Waals surface area contributed by atoms with E-state index in [4.69, 9.17) is 9.63 Å². The van der Waals surface area contributed by atoms with E-state index in [-0.39, 0.29) is 5.88 Å². The van der Waals surface area contributed by atoms with E-state index in [1.807, 2.05) is 0 Å². The van der Waals surface area contributed by atoms with Crippen LogP contribution in [0.2, 0.25) is 0 Å². The molecule has 0 atom stereocenters. The average molecular weight is 134 g/mol. The SMILES string of the molecule is Oc1noc2cc[c]cc12. The first-order valence-corrected chi connectivity index (χ1v) is 2.82. The van der Waals surface area contributed by atoms with Crippen LogP contribution in [0.25, 0.3) is 11.0 Å². The quantitative estimate of drug-likeness (QED) is 0.591. The molecule has 1 N–H and O–H groups in total. The van der Waals surface area contributed by atoms with Crippen molar-refractivity contribution in [2.24, 2.45) is 0 Å². The van der Waals surface area contributed by atoms with Gasteiger partial charge in [-0.25, -0.2) is 0 Å². The van der Waals surface area contributed by atoms with Gasteiger partial charge >= 0.3 is 0 Å². The number of hydrogen-bond donors (Lipinski definition) is 1. The zero-order chi connectivity index (χ0) is 6.97. The molecule has 2 rings (SSSR count). The summed E-state index contributed by atoms with van der Waals surface area (Å²) in [5.41, 5.74) is 0.580. The molecule has 0 unspecified atom stereocenters.